The van der Waals surface area contributed by atoms with Crippen molar-refractivity contribution in [3.63, 3.8) is 0 Å². The summed E-state index contributed by atoms with van der Waals surface area (Å²) in [6, 6.07) is 4.24. The number of amides is 3. The van der Waals surface area contributed by atoms with E-state index in [0.29, 0.717) is 29.5 Å². The molecule has 44 heavy (non-hydrogen) atoms. The highest BCUT2D eigenvalue weighted by Gasteiger charge is 2.51. The van der Waals surface area contributed by atoms with Crippen molar-refractivity contribution in [2.24, 2.45) is 17.8 Å². The Kier molecular flexibility index (Phi) is 7.78. The maximum absolute atomic E-state index is 16.3. The smallest absolute Gasteiger partial charge is 0.407 e. The highest BCUT2D eigenvalue weighted by Crippen LogP contribution is 2.41. The molecule has 2 aromatic heterocycles. The molecule has 14 heteroatoms. The predicted molar refractivity (Wildman–Crippen MR) is 153 cm³/mol. The summed E-state index contributed by atoms with van der Waals surface area (Å²) in [5.74, 6) is -5.47. The number of H-pyrrole nitrogens is 1. The van der Waals surface area contributed by atoms with E-state index >= 15 is 4.39 Å². The number of halogens is 3. The Morgan fingerprint density at radius 2 is 1.84 bits per heavy atom. The SMILES string of the molecule is CCn1nccc1C(=O)N[C@H](c1nc2c(F)c(C3CN(C(=O)O)CC3C(=O)N3CC(F)(F)C3)ccc2[nH]1)C1CCC(C)CC1. The van der Waals surface area contributed by atoms with E-state index in [1.54, 1.807) is 23.0 Å². The van der Waals surface area contributed by atoms with Crippen molar-refractivity contribution in [2.75, 3.05) is 26.2 Å². The van der Waals surface area contributed by atoms with Gasteiger partial charge in [-0.15, -0.1) is 0 Å². The summed E-state index contributed by atoms with van der Waals surface area (Å²) in [5, 5.41) is 16.9. The number of imidazole rings is 1. The molecular formula is C30H36F3N7O4. The van der Waals surface area contributed by atoms with E-state index in [-0.39, 0.29) is 36.0 Å². The number of hydrogen-bond acceptors (Lipinski definition) is 5. The molecule has 2 aliphatic heterocycles. The molecule has 3 fully saturated rings. The first-order chi connectivity index (χ1) is 21.0. The Labute approximate surface area is 251 Å². The zero-order chi connectivity index (χ0) is 31.3. The van der Waals surface area contributed by atoms with E-state index in [2.05, 4.69) is 27.3 Å². The zero-order valence-electron chi connectivity index (χ0n) is 24.6. The molecule has 1 saturated carbocycles. The van der Waals surface area contributed by atoms with Crippen LogP contribution in [0.4, 0.5) is 18.0 Å². The van der Waals surface area contributed by atoms with Crippen molar-refractivity contribution >= 4 is 28.9 Å². The van der Waals surface area contributed by atoms with Gasteiger partial charge in [-0.3, -0.25) is 14.3 Å². The molecule has 3 amide bonds. The first kappa shape index (κ1) is 29.9. The largest absolute Gasteiger partial charge is 0.465 e. The van der Waals surface area contributed by atoms with Gasteiger partial charge in [0.05, 0.1) is 30.6 Å². The van der Waals surface area contributed by atoms with Crippen LogP contribution >= 0.6 is 0 Å². The maximum Gasteiger partial charge on any atom is 0.407 e. The van der Waals surface area contributed by atoms with Gasteiger partial charge in [0, 0.05) is 31.7 Å². The number of rotatable bonds is 7. The lowest BCUT2D eigenvalue weighted by Crippen LogP contribution is -2.60. The molecule has 3 N–H and O–H groups in total. The zero-order valence-corrected chi connectivity index (χ0v) is 24.6. The van der Waals surface area contributed by atoms with E-state index in [4.69, 9.17) is 0 Å². The van der Waals surface area contributed by atoms with E-state index in [9.17, 15) is 28.3 Å². The van der Waals surface area contributed by atoms with Gasteiger partial charge in [-0.05, 0) is 49.3 Å². The maximum atomic E-state index is 16.3. The van der Waals surface area contributed by atoms with E-state index in [1.165, 1.54) is 6.07 Å². The van der Waals surface area contributed by atoms with Crippen LogP contribution in [0.3, 0.4) is 0 Å². The third-order valence-electron chi connectivity index (χ3n) is 9.47. The summed E-state index contributed by atoms with van der Waals surface area (Å²) in [7, 11) is 0. The number of benzene rings is 1. The van der Waals surface area contributed by atoms with Crippen LogP contribution in [0.25, 0.3) is 11.0 Å². The number of aryl methyl sites for hydroxylation is 1. The summed E-state index contributed by atoms with van der Waals surface area (Å²) in [5.41, 5.74) is 0.909. The second-order valence-corrected chi connectivity index (χ2v) is 12.4. The number of fused-ring (bicyclic) bond motifs is 1. The summed E-state index contributed by atoms with van der Waals surface area (Å²) in [4.78, 5) is 48.2. The molecule has 3 aliphatic rings. The first-order valence-electron chi connectivity index (χ1n) is 15.1. The summed E-state index contributed by atoms with van der Waals surface area (Å²) >= 11 is 0. The van der Waals surface area contributed by atoms with Gasteiger partial charge in [0.15, 0.2) is 5.82 Å². The molecule has 0 bridgehead atoms. The van der Waals surface area contributed by atoms with Crippen LogP contribution < -0.4 is 5.32 Å². The Morgan fingerprint density at radius 3 is 2.50 bits per heavy atom. The number of alkyl halides is 2. The minimum absolute atomic E-state index is 0.00924. The molecule has 236 valence electrons. The van der Waals surface area contributed by atoms with Crippen LogP contribution in [0.5, 0.6) is 0 Å². The third-order valence-corrected chi connectivity index (χ3v) is 9.47. The molecular weight excluding hydrogens is 579 g/mol. The molecule has 4 heterocycles. The molecule has 6 rings (SSSR count). The summed E-state index contributed by atoms with van der Waals surface area (Å²) in [6.07, 6.45) is 3.99. The highest BCUT2D eigenvalue weighted by atomic mass is 19.3. The van der Waals surface area contributed by atoms with Gasteiger partial charge < -0.3 is 25.2 Å². The minimum Gasteiger partial charge on any atom is -0.465 e. The van der Waals surface area contributed by atoms with Gasteiger partial charge in [-0.25, -0.2) is 22.9 Å². The third kappa shape index (κ3) is 5.50. The van der Waals surface area contributed by atoms with Crippen LogP contribution in [0.15, 0.2) is 24.4 Å². The van der Waals surface area contributed by atoms with Crippen molar-refractivity contribution in [1.29, 1.82) is 0 Å². The molecule has 0 radical (unpaired) electrons. The summed E-state index contributed by atoms with van der Waals surface area (Å²) < 4.78 is 44.9. The van der Waals surface area contributed by atoms with Crippen LogP contribution in [0.2, 0.25) is 0 Å². The van der Waals surface area contributed by atoms with Gasteiger partial charge in [-0.2, -0.15) is 5.10 Å². The monoisotopic (exact) mass is 615 g/mol. The molecule has 11 nitrogen and oxygen atoms in total. The number of carbonyl (C=O) groups is 3. The standard InChI is InChI=1S/C30H36F3N7O4/c1-3-40-22(10-11-34-40)27(41)37-24(17-6-4-16(2)5-7-17)26-35-21-9-8-18(23(31)25(21)36-26)19-12-38(29(43)44)13-20(19)28(42)39-14-30(32,33)15-39/h8-11,16-17,19-20,24H,3-7,12-15H2,1-2H3,(H,35,36)(H,37,41)(H,43,44)/t16?,17?,19?,20?,24-/m0/s1. The van der Waals surface area contributed by atoms with Crippen molar-refractivity contribution in [3.8, 4) is 0 Å². The van der Waals surface area contributed by atoms with Crippen LogP contribution in [-0.4, -0.2) is 84.7 Å². The van der Waals surface area contributed by atoms with Gasteiger partial charge in [-0.1, -0.05) is 25.8 Å². The lowest BCUT2D eigenvalue weighted by atomic mass is 9.79. The molecule has 1 aliphatic carbocycles. The van der Waals surface area contributed by atoms with Gasteiger partial charge in [0.2, 0.25) is 5.91 Å². The van der Waals surface area contributed by atoms with E-state index in [0.717, 1.165) is 35.5 Å². The predicted octanol–water partition coefficient (Wildman–Crippen LogP) is 4.39. The normalized spacial score (nSPS) is 25.6. The minimum atomic E-state index is -2.98. The number of aromatic amines is 1. The van der Waals surface area contributed by atoms with Crippen molar-refractivity contribution in [3.05, 3.63) is 47.3 Å². The molecule has 2 saturated heterocycles. The number of hydrogen-bond donors (Lipinski definition) is 3. The Bertz CT molecular complexity index is 1570. The van der Waals surface area contributed by atoms with Crippen molar-refractivity contribution < 1.29 is 32.7 Å². The molecule has 1 aromatic carbocycles. The van der Waals surface area contributed by atoms with E-state index in [1.807, 2.05) is 6.92 Å². The fourth-order valence-electron chi connectivity index (χ4n) is 6.96. The fourth-order valence-corrected chi connectivity index (χ4v) is 6.96. The van der Waals surface area contributed by atoms with E-state index < -0.39 is 54.7 Å². The highest BCUT2D eigenvalue weighted by molar-refractivity contribution is 5.92. The van der Waals surface area contributed by atoms with Crippen molar-refractivity contribution in [1.82, 2.24) is 34.9 Å². The Hall–Kier alpha value is -4.10. The topological polar surface area (TPSA) is 136 Å². The van der Waals surface area contributed by atoms with Crippen LogP contribution in [0, 0.1) is 23.6 Å². The van der Waals surface area contributed by atoms with Gasteiger partial charge in [0.25, 0.3) is 11.8 Å². The van der Waals surface area contributed by atoms with Crippen LogP contribution in [0.1, 0.15) is 73.4 Å². The molecule has 2 unspecified atom stereocenters. The Balaban J connectivity index is 1.32. The molecule has 3 aromatic rings. The number of carboxylic acid groups (broad SMARTS) is 1. The second-order valence-electron chi connectivity index (χ2n) is 12.4. The fraction of sp³-hybridized carbons (Fsp3) is 0.567. The Morgan fingerprint density at radius 1 is 1.11 bits per heavy atom. The number of nitrogens with one attached hydrogen (secondary N) is 2. The quantitative estimate of drug-likeness (QED) is 0.361. The lowest BCUT2D eigenvalue weighted by molar-refractivity contribution is -0.169. The van der Waals surface area contributed by atoms with Crippen LogP contribution in [-0.2, 0) is 11.3 Å². The number of aromatic nitrogens is 4. The van der Waals surface area contributed by atoms with Crippen molar-refractivity contribution in [2.45, 2.75) is 64.0 Å². The summed E-state index contributed by atoms with van der Waals surface area (Å²) in [6.45, 7) is 2.76. The second kappa shape index (κ2) is 11.4. The first-order valence-corrected chi connectivity index (χ1v) is 15.1. The lowest BCUT2D eigenvalue weighted by Gasteiger charge is -2.40. The van der Waals surface area contributed by atoms with Gasteiger partial charge in [0.1, 0.15) is 17.0 Å². The number of carbonyl (C=O) groups excluding carboxylic acids is 2. The molecule has 0 spiro atoms. The average Bonchev–Trinajstić information content (AvgIpc) is 3.73. The average molecular weight is 616 g/mol. The van der Waals surface area contributed by atoms with Gasteiger partial charge >= 0.3 is 6.09 Å². The number of nitrogens with zero attached hydrogens (tertiary/aromatic N) is 5. The number of likely N-dealkylation sites (tertiary alicyclic amines) is 2. The molecule has 3 atom stereocenters.